The normalized spacial score (nSPS) is 32.7. The smallest absolute Gasteiger partial charge is 0.220 e. The van der Waals surface area contributed by atoms with E-state index in [1.807, 2.05) is 0 Å². The Morgan fingerprint density at radius 3 is 2.17 bits per heavy atom. The molecule has 0 unspecified atom stereocenters. The van der Waals surface area contributed by atoms with E-state index in [-0.39, 0.29) is 35.2 Å². The van der Waals surface area contributed by atoms with Crippen LogP contribution in [-0.4, -0.2) is 18.0 Å². The molecule has 2 fully saturated rings. The maximum Gasteiger partial charge on any atom is 0.220 e. The van der Waals surface area contributed by atoms with E-state index in [4.69, 9.17) is 5.73 Å². The molecule has 106 valence electrons. The van der Waals surface area contributed by atoms with Crippen LogP contribution in [0.1, 0.15) is 53.4 Å². The van der Waals surface area contributed by atoms with Crippen molar-refractivity contribution in [1.82, 2.24) is 5.32 Å². The van der Waals surface area contributed by atoms with Crippen LogP contribution in [0.3, 0.4) is 0 Å². The average molecular weight is 275 g/mol. The molecule has 2 aliphatic rings. The van der Waals surface area contributed by atoms with Crippen LogP contribution in [-0.2, 0) is 4.79 Å². The minimum absolute atomic E-state index is 0. The highest BCUT2D eigenvalue weighted by Crippen LogP contribution is 2.62. The molecule has 4 heteroatoms. The first-order valence-electron chi connectivity index (χ1n) is 6.82. The second kappa shape index (κ2) is 5.01. The number of hydrogen-bond acceptors (Lipinski definition) is 2. The van der Waals surface area contributed by atoms with Crippen LogP contribution in [0.4, 0.5) is 0 Å². The summed E-state index contributed by atoms with van der Waals surface area (Å²) in [5, 5.41) is 3.19. The van der Waals surface area contributed by atoms with E-state index in [9.17, 15) is 4.79 Å². The van der Waals surface area contributed by atoms with Gasteiger partial charge >= 0.3 is 0 Å². The lowest BCUT2D eigenvalue weighted by molar-refractivity contribution is -0.122. The molecule has 0 spiro atoms. The Balaban J connectivity index is 0.00000162. The van der Waals surface area contributed by atoms with E-state index in [0.29, 0.717) is 18.4 Å². The maximum absolute atomic E-state index is 12.0. The van der Waals surface area contributed by atoms with Gasteiger partial charge in [-0.25, -0.2) is 0 Å². The Morgan fingerprint density at radius 1 is 1.22 bits per heavy atom. The van der Waals surface area contributed by atoms with Crippen molar-refractivity contribution in [2.75, 3.05) is 0 Å². The van der Waals surface area contributed by atoms with Gasteiger partial charge in [0.1, 0.15) is 0 Å². The van der Waals surface area contributed by atoms with Crippen molar-refractivity contribution in [3.8, 4) is 0 Å². The molecule has 1 amide bonds. The third-order valence-electron chi connectivity index (χ3n) is 5.49. The minimum atomic E-state index is 0. The van der Waals surface area contributed by atoms with Gasteiger partial charge in [-0.3, -0.25) is 4.79 Å². The molecular weight excluding hydrogens is 248 g/mol. The lowest BCUT2D eigenvalue weighted by Gasteiger charge is -2.15. The first kappa shape index (κ1) is 15.8. The summed E-state index contributed by atoms with van der Waals surface area (Å²) in [5.41, 5.74) is 6.45. The van der Waals surface area contributed by atoms with Crippen molar-refractivity contribution < 1.29 is 4.79 Å². The maximum atomic E-state index is 12.0. The largest absolute Gasteiger partial charge is 0.352 e. The first-order chi connectivity index (χ1) is 7.76. The number of carbonyl (C=O) groups is 1. The minimum Gasteiger partial charge on any atom is -0.352 e. The lowest BCUT2D eigenvalue weighted by Crippen LogP contribution is -2.34. The number of nitrogens with two attached hydrogens (primary N) is 1. The van der Waals surface area contributed by atoms with E-state index >= 15 is 0 Å². The molecule has 0 saturated heterocycles. The molecule has 3 nitrogen and oxygen atoms in total. The van der Waals surface area contributed by atoms with Crippen LogP contribution in [0.25, 0.3) is 0 Å². The van der Waals surface area contributed by atoms with Crippen LogP contribution in [0.5, 0.6) is 0 Å². The van der Waals surface area contributed by atoms with Crippen LogP contribution < -0.4 is 11.1 Å². The van der Waals surface area contributed by atoms with Crippen molar-refractivity contribution >= 4 is 18.3 Å². The number of carbonyl (C=O) groups excluding carboxylic acids is 1. The number of halogens is 1. The van der Waals surface area contributed by atoms with Crippen molar-refractivity contribution in [1.29, 1.82) is 0 Å². The molecule has 2 atom stereocenters. The molecule has 0 aromatic rings. The summed E-state index contributed by atoms with van der Waals surface area (Å²) >= 11 is 0. The Bertz CT molecular complexity index is 314. The van der Waals surface area contributed by atoms with Crippen molar-refractivity contribution in [2.45, 2.75) is 65.5 Å². The highest BCUT2D eigenvalue weighted by Gasteiger charge is 2.65. The van der Waals surface area contributed by atoms with Gasteiger partial charge in [0.05, 0.1) is 0 Å². The van der Waals surface area contributed by atoms with Gasteiger partial charge in [0, 0.05) is 18.5 Å². The zero-order chi connectivity index (χ0) is 12.8. The molecular formula is C14H27ClN2O. The van der Waals surface area contributed by atoms with Gasteiger partial charge in [-0.1, -0.05) is 34.1 Å². The van der Waals surface area contributed by atoms with Gasteiger partial charge in [-0.2, -0.15) is 0 Å². The fourth-order valence-corrected chi connectivity index (χ4v) is 3.33. The van der Waals surface area contributed by atoms with E-state index in [0.717, 1.165) is 12.8 Å². The predicted octanol–water partition coefficient (Wildman–Crippen LogP) is 2.48. The molecule has 0 bridgehead atoms. The predicted molar refractivity (Wildman–Crippen MR) is 76.7 cm³/mol. The molecule has 18 heavy (non-hydrogen) atoms. The van der Waals surface area contributed by atoms with Gasteiger partial charge in [0.15, 0.2) is 0 Å². The zero-order valence-corrected chi connectivity index (χ0v) is 12.8. The fraction of sp³-hybridized carbons (Fsp3) is 0.929. The Hall–Kier alpha value is -0.280. The lowest BCUT2D eigenvalue weighted by atomic mass is 10.00. The molecule has 3 N–H and O–H groups in total. The highest BCUT2D eigenvalue weighted by molar-refractivity contribution is 5.85. The fourth-order valence-electron chi connectivity index (χ4n) is 3.33. The Labute approximate surface area is 117 Å². The summed E-state index contributed by atoms with van der Waals surface area (Å²) in [6.45, 7) is 8.89. The summed E-state index contributed by atoms with van der Waals surface area (Å²) in [4.78, 5) is 12.0. The van der Waals surface area contributed by atoms with Crippen molar-refractivity contribution in [3.63, 3.8) is 0 Å². The van der Waals surface area contributed by atoms with Gasteiger partial charge in [0.2, 0.25) is 5.91 Å². The van der Waals surface area contributed by atoms with Gasteiger partial charge in [0.25, 0.3) is 0 Å². The average Bonchev–Trinajstić information content (AvgIpc) is 2.52. The van der Waals surface area contributed by atoms with E-state index in [1.54, 1.807) is 0 Å². The molecule has 2 saturated carbocycles. The number of hydrogen-bond donors (Lipinski definition) is 2. The molecule has 0 aromatic carbocycles. The second-order valence-corrected chi connectivity index (χ2v) is 7.00. The number of amides is 1. The van der Waals surface area contributed by atoms with Gasteiger partial charge in [-0.15, -0.1) is 12.4 Å². The van der Waals surface area contributed by atoms with Crippen LogP contribution in [0.2, 0.25) is 0 Å². The summed E-state index contributed by atoms with van der Waals surface area (Å²) in [5.74, 6) is 0.593. The Kier molecular flexibility index (Phi) is 4.39. The third-order valence-corrected chi connectivity index (χ3v) is 5.49. The van der Waals surface area contributed by atoms with E-state index in [1.165, 1.54) is 6.42 Å². The van der Waals surface area contributed by atoms with E-state index in [2.05, 4.69) is 33.0 Å². The van der Waals surface area contributed by atoms with Gasteiger partial charge in [-0.05, 0) is 29.6 Å². The molecule has 2 aliphatic carbocycles. The van der Waals surface area contributed by atoms with Crippen LogP contribution in [0.15, 0.2) is 0 Å². The zero-order valence-electron chi connectivity index (χ0n) is 12.0. The topological polar surface area (TPSA) is 55.1 Å². The third kappa shape index (κ3) is 2.53. The second-order valence-electron chi connectivity index (χ2n) is 7.00. The quantitative estimate of drug-likeness (QED) is 0.831. The molecule has 0 aliphatic heterocycles. The van der Waals surface area contributed by atoms with E-state index < -0.39 is 0 Å². The van der Waals surface area contributed by atoms with Crippen LogP contribution >= 0.6 is 12.4 Å². The molecule has 0 heterocycles. The summed E-state index contributed by atoms with van der Waals surface area (Å²) in [6, 6.07) is 0.557. The highest BCUT2D eigenvalue weighted by atomic mass is 35.5. The Morgan fingerprint density at radius 2 is 1.78 bits per heavy atom. The number of rotatable bonds is 3. The van der Waals surface area contributed by atoms with Crippen LogP contribution in [0, 0.1) is 16.7 Å². The monoisotopic (exact) mass is 274 g/mol. The molecule has 0 aromatic heterocycles. The van der Waals surface area contributed by atoms with Crippen molar-refractivity contribution in [3.05, 3.63) is 0 Å². The standard InChI is InChI=1S/C14H26N2O.ClH/c1-13(2)12(14(13,3)4)16-11(17)8-9-6-5-7-10(9)15;/h9-10,12H,5-8,15H2,1-4H3,(H,16,17);1H/t9-,10+;/m0./s1. The molecule has 2 rings (SSSR count). The first-order valence-corrected chi connectivity index (χ1v) is 6.82. The summed E-state index contributed by atoms with van der Waals surface area (Å²) in [6.07, 6.45) is 3.99. The number of nitrogens with one attached hydrogen (secondary N) is 1. The summed E-state index contributed by atoms with van der Waals surface area (Å²) < 4.78 is 0. The summed E-state index contributed by atoms with van der Waals surface area (Å²) in [7, 11) is 0. The molecule has 0 radical (unpaired) electrons. The van der Waals surface area contributed by atoms with Gasteiger partial charge < -0.3 is 11.1 Å². The van der Waals surface area contributed by atoms with Crippen molar-refractivity contribution in [2.24, 2.45) is 22.5 Å². The SMILES string of the molecule is CC1(C)C(NC(=O)C[C@@H]2CCC[C@H]2N)C1(C)C.Cl.